The molecule has 0 aliphatic carbocycles. The molecule has 1 atom stereocenters. The van der Waals surface area contributed by atoms with Crippen molar-refractivity contribution in [2.45, 2.75) is 25.3 Å². The number of fused-ring (bicyclic) bond motifs is 1. The Balaban J connectivity index is 2.11. The van der Waals surface area contributed by atoms with Crippen molar-refractivity contribution in [3.05, 3.63) is 29.1 Å². The minimum atomic E-state index is -0.120. The average Bonchev–Trinajstić information content (AvgIpc) is 2.84. The molecule has 1 fully saturated rings. The Morgan fingerprint density at radius 3 is 3.12 bits per heavy atom. The van der Waals surface area contributed by atoms with Gasteiger partial charge in [-0.25, -0.2) is 4.98 Å². The van der Waals surface area contributed by atoms with Gasteiger partial charge in [-0.3, -0.25) is 0 Å². The van der Waals surface area contributed by atoms with Gasteiger partial charge in [0.1, 0.15) is 5.52 Å². The first-order chi connectivity index (χ1) is 7.67. The zero-order chi connectivity index (χ0) is 11.2. The Morgan fingerprint density at radius 2 is 2.38 bits per heavy atom. The number of hydrogen-bond donors (Lipinski definition) is 1. The number of aromatic nitrogens is 1. The molecule has 0 amide bonds. The van der Waals surface area contributed by atoms with E-state index in [0.29, 0.717) is 5.02 Å². The minimum absolute atomic E-state index is 0.120. The lowest BCUT2D eigenvalue weighted by Crippen LogP contribution is -2.33. The van der Waals surface area contributed by atoms with Crippen molar-refractivity contribution < 1.29 is 4.42 Å². The zero-order valence-corrected chi connectivity index (χ0v) is 9.84. The number of rotatable bonds is 1. The highest BCUT2D eigenvalue weighted by atomic mass is 35.5. The molecule has 0 saturated carbocycles. The summed E-state index contributed by atoms with van der Waals surface area (Å²) in [5.74, 6) is 0.766. The van der Waals surface area contributed by atoms with Gasteiger partial charge in [0.05, 0.1) is 5.54 Å². The Morgan fingerprint density at radius 1 is 1.50 bits per heavy atom. The van der Waals surface area contributed by atoms with Gasteiger partial charge in [-0.05, 0) is 44.5 Å². The van der Waals surface area contributed by atoms with Gasteiger partial charge < -0.3 is 9.73 Å². The van der Waals surface area contributed by atoms with Gasteiger partial charge in [-0.15, -0.1) is 0 Å². The molecule has 1 unspecified atom stereocenters. The maximum absolute atomic E-state index is 5.92. The van der Waals surface area contributed by atoms with Crippen LogP contribution >= 0.6 is 11.6 Å². The van der Waals surface area contributed by atoms with E-state index in [4.69, 9.17) is 16.0 Å². The van der Waals surface area contributed by atoms with Gasteiger partial charge in [-0.2, -0.15) is 0 Å². The summed E-state index contributed by atoms with van der Waals surface area (Å²) in [6.07, 6.45) is 2.23. The molecule has 0 spiro atoms. The van der Waals surface area contributed by atoms with Crippen molar-refractivity contribution in [3.8, 4) is 0 Å². The highest BCUT2D eigenvalue weighted by Crippen LogP contribution is 2.32. The first-order valence-corrected chi connectivity index (χ1v) is 5.87. The summed E-state index contributed by atoms with van der Waals surface area (Å²) in [4.78, 5) is 4.51. The Kier molecular flexibility index (Phi) is 2.19. The van der Waals surface area contributed by atoms with Crippen LogP contribution in [0, 0.1) is 0 Å². The third kappa shape index (κ3) is 1.51. The van der Waals surface area contributed by atoms with E-state index in [1.54, 1.807) is 0 Å². The minimum Gasteiger partial charge on any atom is -0.439 e. The molecule has 2 heterocycles. The van der Waals surface area contributed by atoms with Crippen LogP contribution in [-0.4, -0.2) is 11.5 Å². The normalized spacial score (nSPS) is 25.4. The highest BCUT2D eigenvalue weighted by molar-refractivity contribution is 6.31. The molecule has 1 saturated heterocycles. The lowest BCUT2D eigenvalue weighted by Gasteiger charge is -2.19. The van der Waals surface area contributed by atoms with Crippen molar-refractivity contribution in [1.29, 1.82) is 0 Å². The second-order valence-corrected chi connectivity index (χ2v) is 4.93. The number of benzene rings is 1. The molecule has 1 aromatic carbocycles. The molecular formula is C12H13ClN2O. The van der Waals surface area contributed by atoms with Gasteiger partial charge in [0.15, 0.2) is 5.58 Å². The van der Waals surface area contributed by atoms with Crippen molar-refractivity contribution in [1.82, 2.24) is 10.3 Å². The van der Waals surface area contributed by atoms with Crippen molar-refractivity contribution in [3.63, 3.8) is 0 Å². The van der Waals surface area contributed by atoms with Crippen LogP contribution in [0.1, 0.15) is 25.7 Å². The lowest BCUT2D eigenvalue weighted by atomic mass is 10.0. The van der Waals surface area contributed by atoms with Crippen LogP contribution < -0.4 is 5.32 Å². The molecule has 1 aromatic heterocycles. The molecular weight excluding hydrogens is 224 g/mol. The lowest BCUT2D eigenvalue weighted by molar-refractivity contribution is 0.330. The molecule has 3 nitrogen and oxygen atoms in total. The SMILES string of the molecule is CC1(c2nc3cc(Cl)ccc3o2)CCCN1. The Hall–Kier alpha value is -1.06. The second-order valence-electron chi connectivity index (χ2n) is 4.49. The van der Waals surface area contributed by atoms with E-state index in [2.05, 4.69) is 17.2 Å². The molecule has 1 aliphatic rings. The maximum Gasteiger partial charge on any atom is 0.215 e. The summed E-state index contributed by atoms with van der Waals surface area (Å²) in [6.45, 7) is 3.16. The summed E-state index contributed by atoms with van der Waals surface area (Å²) in [5, 5.41) is 4.13. The summed E-state index contributed by atoms with van der Waals surface area (Å²) in [6, 6.07) is 5.53. The van der Waals surface area contributed by atoms with Gasteiger partial charge in [0.2, 0.25) is 5.89 Å². The van der Waals surface area contributed by atoms with E-state index >= 15 is 0 Å². The fraction of sp³-hybridized carbons (Fsp3) is 0.417. The smallest absolute Gasteiger partial charge is 0.215 e. The second kappa shape index (κ2) is 3.47. The van der Waals surface area contributed by atoms with Crippen LogP contribution in [0.3, 0.4) is 0 Å². The quantitative estimate of drug-likeness (QED) is 0.827. The number of halogens is 1. The van der Waals surface area contributed by atoms with Crippen LogP contribution in [0.2, 0.25) is 5.02 Å². The van der Waals surface area contributed by atoms with Crippen LogP contribution in [0.5, 0.6) is 0 Å². The summed E-state index contributed by atoms with van der Waals surface area (Å²) >= 11 is 5.92. The predicted molar refractivity (Wildman–Crippen MR) is 63.6 cm³/mol. The molecule has 4 heteroatoms. The van der Waals surface area contributed by atoms with Crippen molar-refractivity contribution in [2.75, 3.05) is 6.54 Å². The molecule has 1 aliphatic heterocycles. The van der Waals surface area contributed by atoms with Crippen molar-refractivity contribution in [2.24, 2.45) is 0 Å². The third-order valence-corrected chi connectivity index (χ3v) is 3.43. The van der Waals surface area contributed by atoms with E-state index in [1.807, 2.05) is 18.2 Å². The van der Waals surface area contributed by atoms with E-state index in [-0.39, 0.29) is 5.54 Å². The maximum atomic E-state index is 5.92. The summed E-state index contributed by atoms with van der Waals surface area (Å²) in [7, 11) is 0. The molecule has 3 rings (SSSR count). The van der Waals surface area contributed by atoms with E-state index in [1.165, 1.54) is 0 Å². The largest absolute Gasteiger partial charge is 0.439 e. The Bertz CT molecular complexity index is 529. The summed E-state index contributed by atoms with van der Waals surface area (Å²) in [5.41, 5.74) is 1.51. The highest BCUT2D eigenvalue weighted by Gasteiger charge is 2.34. The first-order valence-electron chi connectivity index (χ1n) is 5.49. The van der Waals surface area contributed by atoms with E-state index < -0.39 is 0 Å². The molecule has 2 aromatic rings. The Labute approximate surface area is 98.8 Å². The number of nitrogens with zero attached hydrogens (tertiary/aromatic N) is 1. The number of nitrogens with one attached hydrogen (secondary N) is 1. The number of hydrogen-bond acceptors (Lipinski definition) is 3. The third-order valence-electron chi connectivity index (χ3n) is 3.19. The van der Waals surface area contributed by atoms with Gasteiger partial charge in [0, 0.05) is 5.02 Å². The summed E-state index contributed by atoms with van der Waals surface area (Å²) < 4.78 is 5.78. The number of oxazole rings is 1. The van der Waals surface area contributed by atoms with Crippen LogP contribution in [0.15, 0.2) is 22.6 Å². The molecule has 0 bridgehead atoms. The van der Waals surface area contributed by atoms with Gasteiger partial charge >= 0.3 is 0 Å². The van der Waals surface area contributed by atoms with E-state index in [0.717, 1.165) is 36.4 Å². The van der Waals surface area contributed by atoms with Gasteiger partial charge in [-0.1, -0.05) is 11.6 Å². The topological polar surface area (TPSA) is 38.1 Å². The molecule has 0 radical (unpaired) electrons. The monoisotopic (exact) mass is 236 g/mol. The van der Waals surface area contributed by atoms with Gasteiger partial charge in [0.25, 0.3) is 0 Å². The van der Waals surface area contributed by atoms with Crippen LogP contribution in [0.25, 0.3) is 11.1 Å². The fourth-order valence-electron chi connectivity index (χ4n) is 2.21. The van der Waals surface area contributed by atoms with Crippen LogP contribution in [-0.2, 0) is 5.54 Å². The van der Waals surface area contributed by atoms with E-state index in [9.17, 15) is 0 Å². The molecule has 16 heavy (non-hydrogen) atoms. The molecule has 1 N–H and O–H groups in total. The first kappa shape index (κ1) is 10.1. The standard InChI is InChI=1S/C12H13ClN2O/c1-12(5-2-6-14-12)11-15-9-7-8(13)3-4-10(9)16-11/h3-4,7,14H,2,5-6H2,1H3. The fourth-order valence-corrected chi connectivity index (χ4v) is 2.38. The zero-order valence-electron chi connectivity index (χ0n) is 9.09. The predicted octanol–water partition coefficient (Wildman–Crippen LogP) is 3.08. The average molecular weight is 237 g/mol. The van der Waals surface area contributed by atoms with Crippen molar-refractivity contribution >= 4 is 22.7 Å². The molecule has 84 valence electrons. The van der Waals surface area contributed by atoms with Crippen LogP contribution in [0.4, 0.5) is 0 Å².